The predicted octanol–water partition coefficient (Wildman–Crippen LogP) is 1.40. The van der Waals surface area contributed by atoms with Gasteiger partial charge in [-0.2, -0.15) is 0 Å². The van der Waals surface area contributed by atoms with Gasteiger partial charge in [0.2, 0.25) is 11.8 Å². The number of nitrogens with one attached hydrogen (secondary N) is 2. The molecule has 7 heteroatoms. The number of hydrogen-bond donors (Lipinski definition) is 3. The summed E-state index contributed by atoms with van der Waals surface area (Å²) < 4.78 is 1.02. The van der Waals surface area contributed by atoms with Crippen LogP contribution in [0.2, 0.25) is 0 Å². The molecule has 6 nitrogen and oxygen atoms in total. The van der Waals surface area contributed by atoms with Gasteiger partial charge in [0.25, 0.3) is 0 Å². The van der Waals surface area contributed by atoms with E-state index in [4.69, 9.17) is 5.73 Å². The normalized spacial score (nSPS) is 19.1. The van der Waals surface area contributed by atoms with E-state index < -0.39 is 6.04 Å². The molecule has 1 unspecified atom stereocenters. The van der Waals surface area contributed by atoms with Crippen LogP contribution in [0.3, 0.4) is 0 Å². The lowest BCUT2D eigenvalue weighted by molar-refractivity contribution is -0.133. The Labute approximate surface area is 119 Å². The zero-order valence-electron chi connectivity index (χ0n) is 10.9. The van der Waals surface area contributed by atoms with Crippen LogP contribution >= 0.6 is 11.3 Å². The molecular formula is C13H14N4O2S. The first-order valence-corrected chi connectivity index (χ1v) is 7.11. The van der Waals surface area contributed by atoms with Crippen LogP contribution in [0.5, 0.6) is 0 Å². The first kappa shape index (κ1) is 12.9. The second kappa shape index (κ2) is 4.75. The van der Waals surface area contributed by atoms with Crippen LogP contribution in [0.4, 0.5) is 11.4 Å². The van der Waals surface area contributed by atoms with Crippen LogP contribution < -0.4 is 16.4 Å². The van der Waals surface area contributed by atoms with Gasteiger partial charge >= 0.3 is 0 Å². The van der Waals surface area contributed by atoms with Gasteiger partial charge in [0.05, 0.1) is 26.6 Å². The fourth-order valence-corrected chi connectivity index (χ4v) is 3.11. The molecule has 1 fully saturated rings. The van der Waals surface area contributed by atoms with E-state index in [0.717, 1.165) is 15.2 Å². The number of nitrogen functional groups attached to an aromatic ring is 1. The van der Waals surface area contributed by atoms with Crippen molar-refractivity contribution in [2.24, 2.45) is 0 Å². The predicted molar refractivity (Wildman–Crippen MR) is 78.6 cm³/mol. The number of carbonyl (C=O) groups is 2. The molecule has 0 radical (unpaired) electrons. The average Bonchev–Trinajstić information content (AvgIpc) is 2.72. The fourth-order valence-electron chi connectivity index (χ4n) is 2.25. The Hall–Kier alpha value is -2.15. The van der Waals surface area contributed by atoms with Gasteiger partial charge in [-0.15, -0.1) is 11.3 Å². The van der Waals surface area contributed by atoms with Gasteiger partial charge < -0.3 is 11.1 Å². The lowest BCUT2D eigenvalue weighted by atomic mass is 10.1. The van der Waals surface area contributed by atoms with Crippen molar-refractivity contribution in [1.29, 1.82) is 0 Å². The van der Waals surface area contributed by atoms with Crippen molar-refractivity contribution >= 4 is 44.7 Å². The summed E-state index contributed by atoms with van der Waals surface area (Å²) in [6.45, 7) is 1.94. The van der Waals surface area contributed by atoms with Crippen molar-refractivity contribution in [2.75, 3.05) is 11.1 Å². The molecule has 0 aliphatic carbocycles. The molecule has 104 valence electrons. The van der Waals surface area contributed by atoms with E-state index in [0.29, 0.717) is 24.2 Å². The number of carbonyl (C=O) groups excluding carboxylic acids is 2. The van der Waals surface area contributed by atoms with E-state index in [2.05, 4.69) is 15.6 Å². The Balaban J connectivity index is 1.88. The molecule has 1 aromatic carbocycles. The Morgan fingerprint density at radius 3 is 3.00 bits per heavy atom. The lowest BCUT2D eigenvalue weighted by Crippen LogP contribution is -2.47. The maximum atomic E-state index is 11.7. The number of fused-ring (bicyclic) bond motifs is 1. The minimum Gasteiger partial charge on any atom is -0.397 e. The zero-order chi connectivity index (χ0) is 14.3. The molecule has 1 atom stereocenters. The molecule has 0 bridgehead atoms. The molecule has 0 saturated carbocycles. The molecular weight excluding hydrogens is 276 g/mol. The monoisotopic (exact) mass is 290 g/mol. The molecule has 1 aromatic heterocycles. The Morgan fingerprint density at radius 2 is 2.25 bits per heavy atom. The number of aromatic nitrogens is 1. The highest BCUT2D eigenvalue weighted by Gasteiger charge is 2.26. The summed E-state index contributed by atoms with van der Waals surface area (Å²) in [6, 6.07) is 3.26. The van der Waals surface area contributed by atoms with Crippen molar-refractivity contribution in [3.05, 3.63) is 17.1 Å². The zero-order valence-corrected chi connectivity index (χ0v) is 11.7. The smallest absolute Gasteiger partial charge is 0.249 e. The van der Waals surface area contributed by atoms with Gasteiger partial charge in [-0.25, -0.2) is 4.98 Å². The molecule has 2 heterocycles. The number of nitrogens with two attached hydrogens (primary N) is 1. The number of rotatable bonds is 2. The van der Waals surface area contributed by atoms with Crippen molar-refractivity contribution in [3.63, 3.8) is 0 Å². The molecule has 1 aliphatic heterocycles. The number of imide groups is 1. The Bertz CT molecular complexity index is 710. The largest absolute Gasteiger partial charge is 0.397 e. The van der Waals surface area contributed by atoms with Gasteiger partial charge in [0.1, 0.15) is 6.04 Å². The number of nitrogens with zero attached hydrogens (tertiary/aromatic N) is 1. The second-order valence-electron chi connectivity index (χ2n) is 4.79. The molecule has 2 aromatic rings. The van der Waals surface area contributed by atoms with Gasteiger partial charge in [0.15, 0.2) is 0 Å². The summed E-state index contributed by atoms with van der Waals surface area (Å²) in [5.41, 5.74) is 8.11. The highest BCUT2D eigenvalue weighted by molar-refractivity contribution is 7.18. The third-order valence-electron chi connectivity index (χ3n) is 3.24. The van der Waals surface area contributed by atoms with E-state index >= 15 is 0 Å². The highest BCUT2D eigenvalue weighted by atomic mass is 32.1. The second-order valence-corrected chi connectivity index (χ2v) is 6.02. The van der Waals surface area contributed by atoms with Gasteiger partial charge in [0, 0.05) is 6.42 Å². The molecule has 4 N–H and O–H groups in total. The van der Waals surface area contributed by atoms with Gasteiger partial charge in [-0.05, 0) is 25.5 Å². The Kier molecular flexibility index (Phi) is 3.06. The molecule has 0 spiro atoms. The summed E-state index contributed by atoms with van der Waals surface area (Å²) >= 11 is 1.58. The first-order valence-electron chi connectivity index (χ1n) is 6.30. The van der Waals surface area contributed by atoms with E-state index in [-0.39, 0.29) is 11.8 Å². The van der Waals surface area contributed by atoms with Crippen LogP contribution in [-0.2, 0) is 9.59 Å². The maximum Gasteiger partial charge on any atom is 0.249 e. The summed E-state index contributed by atoms with van der Waals surface area (Å²) in [7, 11) is 0. The van der Waals surface area contributed by atoms with E-state index in [1.54, 1.807) is 11.3 Å². The summed E-state index contributed by atoms with van der Waals surface area (Å²) in [5.74, 6) is -0.540. The number of piperidine rings is 1. The highest BCUT2D eigenvalue weighted by Crippen LogP contribution is 2.30. The standard InChI is InChI=1S/C13H14N4O2S/c1-6-15-10-5-9(7(14)4-11(10)20-6)16-8-2-3-12(18)17-13(8)19/h4-5,8,16H,2-3,14H2,1H3,(H,17,18,19). The van der Waals surface area contributed by atoms with Crippen molar-refractivity contribution < 1.29 is 9.59 Å². The number of amides is 2. The van der Waals surface area contributed by atoms with Crippen molar-refractivity contribution in [2.45, 2.75) is 25.8 Å². The maximum absolute atomic E-state index is 11.7. The van der Waals surface area contributed by atoms with Crippen molar-refractivity contribution in [1.82, 2.24) is 10.3 Å². The van der Waals surface area contributed by atoms with Gasteiger partial charge in [-0.1, -0.05) is 0 Å². The number of thiazole rings is 1. The number of hydrogen-bond acceptors (Lipinski definition) is 6. The lowest BCUT2D eigenvalue weighted by Gasteiger charge is -2.23. The summed E-state index contributed by atoms with van der Waals surface area (Å²) in [4.78, 5) is 27.3. The Morgan fingerprint density at radius 1 is 1.45 bits per heavy atom. The molecule has 2 amide bonds. The van der Waals surface area contributed by atoms with Crippen LogP contribution in [0, 0.1) is 6.92 Å². The van der Waals surface area contributed by atoms with Crippen LogP contribution in [0.15, 0.2) is 12.1 Å². The molecule has 20 heavy (non-hydrogen) atoms. The van der Waals surface area contributed by atoms with Crippen molar-refractivity contribution in [3.8, 4) is 0 Å². The van der Waals surface area contributed by atoms with Crippen LogP contribution in [-0.4, -0.2) is 22.8 Å². The van der Waals surface area contributed by atoms with E-state index in [1.165, 1.54) is 0 Å². The van der Waals surface area contributed by atoms with E-state index in [9.17, 15) is 9.59 Å². The summed E-state index contributed by atoms with van der Waals surface area (Å²) in [6.07, 6.45) is 0.805. The minimum atomic E-state index is -0.438. The fraction of sp³-hybridized carbons (Fsp3) is 0.308. The molecule has 1 aliphatic rings. The minimum absolute atomic E-state index is 0.230. The quantitative estimate of drug-likeness (QED) is 0.574. The molecule has 1 saturated heterocycles. The topological polar surface area (TPSA) is 97.1 Å². The number of benzene rings is 1. The third kappa shape index (κ3) is 2.32. The third-order valence-corrected chi connectivity index (χ3v) is 4.17. The van der Waals surface area contributed by atoms with Gasteiger partial charge in [-0.3, -0.25) is 14.9 Å². The van der Waals surface area contributed by atoms with Crippen LogP contribution in [0.25, 0.3) is 10.2 Å². The van der Waals surface area contributed by atoms with Crippen LogP contribution in [0.1, 0.15) is 17.8 Å². The summed E-state index contributed by atoms with van der Waals surface area (Å²) in [5, 5.41) is 6.38. The number of anilines is 2. The first-order chi connectivity index (χ1) is 9.52. The number of aryl methyl sites for hydroxylation is 1. The SMILES string of the molecule is Cc1nc2cc(NC3CCC(=O)NC3=O)c(N)cc2s1. The molecule has 3 rings (SSSR count). The van der Waals surface area contributed by atoms with E-state index in [1.807, 2.05) is 19.1 Å². The average molecular weight is 290 g/mol.